The lowest BCUT2D eigenvalue weighted by atomic mass is 10.1. The van der Waals surface area contributed by atoms with E-state index in [-0.39, 0.29) is 18.5 Å². The lowest BCUT2D eigenvalue weighted by Gasteiger charge is -2.20. The van der Waals surface area contributed by atoms with Crippen LogP contribution in [0.25, 0.3) is 0 Å². The van der Waals surface area contributed by atoms with Crippen molar-refractivity contribution in [2.75, 3.05) is 6.54 Å². The minimum Gasteiger partial charge on any atom is -0.459 e. The number of hydrogen-bond donors (Lipinski definition) is 2. The van der Waals surface area contributed by atoms with Gasteiger partial charge in [0.25, 0.3) is 0 Å². The van der Waals surface area contributed by atoms with Crippen LogP contribution in [0.3, 0.4) is 0 Å². The van der Waals surface area contributed by atoms with Gasteiger partial charge in [-0.3, -0.25) is 4.79 Å². The molecule has 21 heavy (non-hydrogen) atoms. The van der Waals surface area contributed by atoms with Gasteiger partial charge in [0.1, 0.15) is 17.1 Å². The summed E-state index contributed by atoms with van der Waals surface area (Å²) in [5.74, 6) is 0.152. The first-order valence-corrected chi connectivity index (χ1v) is 6.81. The SMILES string of the molecule is CC1=NC2=NC(N)=NC(=S)C2=C1NCC(=O)OC(C)(C)C. The highest BCUT2D eigenvalue weighted by molar-refractivity contribution is 7.81. The van der Waals surface area contributed by atoms with Crippen LogP contribution in [-0.4, -0.2) is 40.6 Å². The Labute approximate surface area is 128 Å². The molecule has 2 heterocycles. The number of aliphatic imine (C=N–C) groups is 3. The first-order chi connectivity index (χ1) is 9.67. The molecule has 0 fully saturated rings. The zero-order valence-corrected chi connectivity index (χ0v) is 13.2. The van der Waals surface area contributed by atoms with E-state index in [1.807, 2.05) is 20.8 Å². The third-order valence-corrected chi connectivity index (χ3v) is 2.88. The van der Waals surface area contributed by atoms with Gasteiger partial charge < -0.3 is 15.8 Å². The molecule has 0 atom stereocenters. The number of ether oxygens (including phenoxy) is 1. The zero-order valence-electron chi connectivity index (χ0n) is 12.4. The van der Waals surface area contributed by atoms with Crippen LogP contribution in [0, 0.1) is 0 Å². The number of amidine groups is 1. The highest BCUT2D eigenvalue weighted by atomic mass is 32.1. The molecule has 0 bridgehead atoms. The molecule has 0 aromatic rings. The maximum Gasteiger partial charge on any atom is 0.325 e. The Bertz CT molecular complexity index is 637. The topological polar surface area (TPSA) is 101 Å². The van der Waals surface area contributed by atoms with Gasteiger partial charge in [-0.2, -0.15) is 4.99 Å². The van der Waals surface area contributed by atoms with Gasteiger partial charge in [0.05, 0.1) is 17.0 Å². The molecule has 0 radical (unpaired) electrons. The normalized spacial score (nSPS) is 17.9. The summed E-state index contributed by atoms with van der Waals surface area (Å²) in [5.41, 5.74) is 6.94. The Morgan fingerprint density at radius 2 is 2.00 bits per heavy atom. The highest BCUT2D eigenvalue weighted by Crippen LogP contribution is 2.21. The van der Waals surface area contributed by atoms with Crippen molar-refractivity contribution in [2.45, 2.75) is 33.3 Å². The van der Waals surface area contributed by atoms with E-state index in [0.29, 0.717) is 27.8 Å². The molecule has 112 valence electrons. The number of carbonyl (C=O) groups is 1. The summed E-state index contributed by atoms with van der Waals surface area (Å²) in [6.45, 7) is 7.25. The maximum absolute atomic E-state index is 11.8. The molecular weight excluding hydrogens is 290 g/mol. The summed E-state index contributed by atoms with van der Waals surface area (Å²) < 4.78 is 5.24. The minimum atomic E-state index is -0.527. The number of carbonyl (C=O) groups excluding carboxylic acids is 1. The van der Waals surface area contributed by atoms with Gasteiger partial charge in [-0.05, 0) is 27.7 Å². The lowest BCUT2D eigenvalue weighted by molar-refractivity contribution is -0.153. The Balaban J connectivity index is 2.14. The van der Waals surface area contributed by atoms with Crippen molar-refractivity contribution in [1.82, 2.24) is 5.32 Å². The van der Waals surface area contributed by atoms with E-state index in [9.17, 15) is 4.79 Å². The van der Waals surface area contributed by atoms with Gasteiger partial charge in [0.15, 0.2) is 5.84 Å². The Morgan fingerprint density at radius 1 is 1.33 bits per heavy atom. The number of hydrogen-bond acceptors (Lipinski definition) is 7. The summed E-state index contributed by atoms with van der Waals surface area (Å²) in [5, 5.41) is 2.99. The van der Waals surface area contributed by atoms with E-state index < -0.39 is 5.60 Å². The predicted molar refractivity (Wildman–Crippen MR) is 85.6 cm³/mol. The second kappa shape index (κ2) is 5.36. The number of nitrogens with two attached hydrogens (primary N) is 1. The third-order valence-electron chi connectivity index (χ3n) is 2.59. The maximum atomic E-state index is 11.8. The lowest BCUT2D eigenvalue weighted by Crippen LogP contribution is -2.33. The monoisotopic (exact) mass is 307 g/mol. The van der Waals surface area contributed by atoms with Gasteiger partial charge in [-0.1, -0.05) is 12.2 Å². The second-order valence-electron chi connectivity index (χ2n) is 5.60. The van der Waals surface area contributed by atoms with Crippen LogP contribution in [0.15, 0.2) is 26.2 Å². The van der Waals surface area contributed by atoms with Crippen molar-refractivity contribution in [2.24, 2.45) is 20.7 Å². The van der Waals surface area contributed by atoms with Crippen LogP contribution in [0.4, 0.5) is 0 Å². The number of nitrogens with zero attached hydrogens (tertiary/aromatic N) is 3. The highest BCUT2D eigenvalue weighted by Gasteiger charge is 2.29. The van der Waals surface area contributed by atoms with Crippen molar-refractivity contribution in [3.8, 4) is 0 Å². The van der Waals surface area contributed by atoms with E-state index in [0.717, 1.165) is 0 Å². The number of rotatable bonds is 3. The van der Waals surface area contributed by atoms with E-state index in [4.69, 9.17) is 22.7 Å². The van der Waals surface area contributed by atoms with Crippen molar-refractivity contribution < 1.29 is 9.53 Å². The average Bonchev–Trinajstić information content (AvgIpc) is 2.60. The molecule has 7 nitrogen and oxygen atoms in total. The second-order valence-corrected chi connectivity index (χ2v) is 5.98. The van der Waals surface area contributed by atoms with Gasteiger partial charge in [0.2, 0.25) is 5.96 Å². The van der Waals surface area contributed by atoms with E-state index >= 15 is 0 Å². The van der Waals surface area contributed by atoms with Crippen LogP contribution in [-0.2, 0) is 9.53 Å². The summed E-state index contributed by atoms with van der Waals surface area (Å²) in [6, 6.07) is 0. The molecule has 0 aromatic heterocycles. The van der Waals surface area contributed by atoms with Gasteiger partial charge >= 0.3 is 5.97 Å². The van der Waals surface area contributed by atoms with E-state index in [2.05, 4.69) is 20.3 Å². The molecule has 0 saturated carbocycles. The molecule has 2 rings (SSSR count). The van der Waals surface area contributed by atoms with Crippen LogP contribution in [0.2, 0.25) is 0 Å². The molecule has 0 saturated heterocycles. The largest absolute Gasteiger partial charge is 0.459 e. The number of thiocarbonyl (C=S) groups is 1. The molecule has 3 N–H and O–H groups in total. The van der Waals surface area contributed by atoms with Gasteiger partial charge in [-0.15, -0.1) is 0 Å². The fraction of sp³-hybridized carbons (Fsp3) is 0.462. The third kappa shape index (κ3) is 3.52. The Morgan fingerprint density at radius 3 is 2.62 bits per heavy atom. The van der Waals surface area contributed by atoms with Crippen LogP contribution in [0.1, 0.15) is 27.7 Å². The Hall–Kier alpha value is -2.09. The minimum absolute atomic E-state index is 0.0120. The number of fused-ring (bicyclic) bond motifs is 1. The quantitative estimate of drug-likeness (QED) is 0.590. The average molecular weight is 307 g/mol. The molecule has 2 aliphatic rings. The van der Waals surface area contributed by atoms with Crippen LogP contribution in [0.5, 0.6) is 0 Å². The zero-order chi connectivity index (χ0) is 15.8. The van der Waals surface area contributed by atoms with Crippen molar-refractivity contribution in [3.05, 3.63) is 11.3 Å². The standard InChI is InChI=1S/C13H17N5O2S/c1-6-9(15-5-7(19)20-13(2,3)4)8-10(16-6)17-12(14)18-11(8)21/h15H,5H2,1-4H3,(H2,14,18,21). The first-order valence-electron chi connectivity index (χ1n) is 6.40. The predicted octanol–water partition coefficient (Wildman–Crippen LogP) is 0.700. The molecule has 0 amide bonds. The summed E-state index contributed by atoms with van der Waals surface area (Å²) >= 11 is 5.18. The molecular formula is C13H17N5O2S. The number of esters is 1. The number of allylic oxidation sites excluding steroid dienone is 1. The first kappa shape index (κ1) is 15.3. The fourth-order valence-corrected chi connectivity index (χ4v) is 2.18. The summed E-state index contributed by atoms with van der Waals surface area (Å²) in [4.78, 5) is 24.3. The smallest absolute Gasteiger partial charge is 0.325 e. The van der Waals surface area contributed by atoms with Crippen molar-refractivity contribution in [1.29, 1.82) is 0 Å². The van der Waals surface area contributed by atoms with E-state index in [1.54, 1.807) is 6.92 Å². The van der Waals surface area contributed by atoms with Gasteiger partial charge in [0, 0.05) is 0 Å². The van der Waals surface area contributed by atoms with E-state index in [1.165, 1.54) is 0 Å². The molecule has 2 aliphatic heterocycles. The molecule has 0 unspecified atom stereocenters. The number of nitrogens with one attached hydrogen (secondary N) is 1. The number of guanidine groups is 1. The van der Waals surface area contributed by atoms with Crippen molar-refractivity contribution in [3.63, 3.8) is 0 Å². The summed E-state index contributed by atoms with van der Waals surface area (Å²) in [6.07, 6.45) is 0. The molecule has 8 heteroatoms. The fourth-order valence-electron chi connectivity index (χ4n) is 1.89. The van der Waals surface area contributed by atoms with Gasteiger partial charge in [-0.25, -0.2) is 9.98 Å². The van der Waals surface area contributed by atoms with Crippen LogP contribution >= 0.6 is 12.2 Å². The molecule has 0 spiro atoms. The molecule has 0 aliphatic carbocycles. The van der Waals surface area contributed by atoms with Crippen molar-refractivity contribution >= 4 is 40.7 Å². The van der Waals surface area contributed by atoms with Crippen LogP contribution < -0.4 is 11.1 Å². The molecule has 0 aromatic carbocycles. The summed E-state index contributed by atoms with van der Waals surface area (Å²) in [7, 11) is 0. The Kier molecular flexibility index (Phi) is 3.91.